The summed E-state index contributed by atoms with van der Waals surface area (Å²) in [4.78, 5) is 0.349. The number of H-pyrrole nitrogens is 1. The SMILES string of the molecule is CCCN(C1CC1)S(=O)(=O)c1c(CNC)n[nH]c1C. The van der Waals surface area contributed by atoms with E-state index in [1.54, 1.807) is 18.3 Å². The number of aromatic amines is 1. The Bertz CT molecular complexity index is 534. The summed E-state index contributed by atoms with van der Waals surface area (Å²) in [5.74, 6) is 0. The van der Waals surface area contributed by atoms with E-state index in [4.69, 9.17) is 0 Å². The van der Waals surface area contributed by atoms with Gasteiger partial charge in [-0.3, -0.25) is 5.10 Å². The van der Waals surface area contributed by atoms with Crippen LogP contribution < -0.4 is 5.32 Å². The van der Waals surface area contributed by atoms with Crippen molar-refractivity contribution in [3.8, 4) is 0 Å². The van der Waals surface area contributed by atoms with Crippen molar-refractivity contribution in [1.82, 2.24) is 19.8 Å². The van der Waals surface area contributed by atoms with Gasteiger partial charge < -0.3 is 5.32 Å². The van der Waals surface area contributed by atoms with Gasteiger partial charge in [0.05, 0.1) is 11.4 Å². The molecule has 1 fully saturated rings. The molecule has 19 heavy (non-hydrogen) atoms. The molecule has 0 unspecified atom stereocenters. The van der Waals surface area contributed by atoms with Crippen LogP contribution in [0.1, 0.15) is 37.6 Å². The van der Waals surface area contributed by atoms with E-state index in [1.165, 1.54) is 0 Å². The molecule has 0 radical (unpaired) electrons. The largest absolute Gasteiger partial charge is 0.314 e. The van der Waals surface area contributed by atoms with Crippen molar-refractivity contribution in [3.63, 3.8) is 0 Å². The average Bonchev–Trinajstić information content (AvgIpc) is 3.11. The molecule has 2 rings (SSSR count). The fourth-order valence-electron chi connectivity index (χ4n) is 2.30. The van der Waals surface area contributed by atoms with Gasteiger partial charge in [0.1, 0.15) is 4.90 Å². The predicted octanol–water partition coefficient (Wildman–Crippen LogP) is 1.00. The first-order valence-corrected chi connectivity index (χ1v) is 8.16. The van der Waals surface area contributed by atoms with Crippen LogP contribution in [0.2, 0.25) is 0 Å². The Morgan fingerprint density at radius 1 is 1.47 bits per heavy atom. The highest BCUT2D eigenvalue weighted by Gasteiger charge is 2.39. The molecule has 1 aliphatic rings. The van der Waals surface area contributed by atoms with Gasteiger partial charge in [0.25, 0.3) is 0 Å². The van der Waals surface area contributed by atoms with Crippen LogP contribution in [0.3, 0.4) is 0 Å². The summed E-state index contributed by atoms with van der Waals surface area (Å²) in [5.41, 5.74) is 1.19. The van der Waals surface area contributed by atoms with E-state index in [9.17, 15) is 8.42 Å². The summed E-state index contributed by atoms with van der Waals surface area (Å²) in [6, 6.07) is 0.182. The maximum atomic E-state index is 12.8. The van der Waals surface area contributed by atoms with Gasteiger partial charge in [0, 0.05) is 19.1 Å². The molecule has 0 saturated heterocycles. The lowest BCUT2D eigenvalue weighted by molar-refractivity contribution is 0.402. The Morgan fingerprint density at radius 2 is 2.16 bits per heavy atom. The summed E-state index contributed by atoms with van der Waals surface area (Å²) in [5, 5.41) is 9.85. The first-order chi connectivity index (χ1) is 9.02. The number of aryl methyl sites for hydroxylation is 1. The minimum absolute atomic E-state index is 0.182. The molecule has 1 aliphatic carbocycles. The minimum atomic E-state index is -3.44. The number of aromatic nitrogens is 2. The van der Waals surface area contributed by atoms with E-state index < -0.39 is 10.0 Å². The summed E-state index contributed by atoms with van der Waals surface area (Å²) in [6.07, 6.45) is 2.77. The number of hydrogen-bond donors (Lipinski definition) is 2. The Balaban J connectivity index is 2.39. The number of nitrogens with zero attached hydrogens (tertiary/aromatic N) is 2. The molecular formula is C12H22N4O2S. The maximum absolute atomic E-state index is 12.8. The van der Waals surface area contributed by atoms with Crippen LogP contribution in [-0.2, 0) is 16.6 Å². The molecule has 0 spiro atoms. The van der Waals surface area contributed by atoms with Crippen LogP contribution in [0.15, 0.2) is 4.90 Å². The number of nitrogens with one attached hydrogen (secondary N) is 2. The van der Waals surface area contributed by atoms with Crippen LogP contribution in [-0.4, -0.2) is 42.6 Å². The average molecular weight is 286 g/mol. The molecule has 0 aromatic carbocycles. The molecule has 1 aromatic rings. The molecule has 0 amide bonds. The molecular weight excluding hydrogens is 264 g/mol. The smallest absolute Gasteiger partial charge is 0.247 e. The highest BCUT2D eigenvalue weighted by molar-refractivity contribution is 7.89. The number of hydrogen-bond acceptors (Lipinski definition) is 4. The molecule has 6 nitrogen and oxygen atoms in total. The van der Waals surface area contributed by atoms with E-state index in [1.807, 2.05) is 6.92 Å². The van der Waals surface area contributed by atoms with Gasteiger partial charge in [-0.1, -0.05) is 6.92 Å². The second-order valence-electron chi connectivity index (χ2n) is 5.00. The summed E-state index contributed by atoms with van der Waals surface area (Å²) < 4.78 is 27.3. The van der Waals surface area contributed by atoms with Crippen molar-refractivity contribution >= 4 is 10.0 Å². The first kappa shape index (κ1) is 14.5. The fourth-order valence-corrected chi connectivity index (χ4v) is 4.41. The molecule has 0 bridgehead atoms. The topological polar surface area (TPSA) is 78.1 Å². The zero-order valence-corrected chi connectivity index (χ0v) is 12.5. The maximum Gasteiger partial charge on any atom is 0.247 e. The van der Waals surface area contributed by atoms with Gasteiger partial charge >= 0.3 is 0 Å². The second-order valence-corrected chi connectivity index (χ2v) is 6.83. The summed E-state index contributed by atoms with van der Waals surface area (Å²) in [6.45, 7) is 4.79. The molecule has 0 aliphatic heterocycles. The quantitative estimate of drug-likeness (QED) is 0.784. The van der Waals surface area contributed by atoms with Gasteiger partial charge in [0.15, 0.2) is 0 Å². The zero-order chi connectivity index (χ0) is 14.0. The van der Waals surface area contributed by atoms with Crippen LogP contribution in [0.4, 0.5) is 0 Å². The fraction of sp³-hybridized carbons (Fsp3) is 0.750. The Labute approximate surface area is 114 Å². The monoisotopic (exact) mass is 286 g/mol. The third-order valence-electron chi connectivity index (χ3n) is 3.27. The van der Waals surface area contributed by atoms with Crippen LogP contribution in [0, 0.1) is 6.92 Å². The highest BCUT2D eigenvalue weighted by Crippen LogP contribution is 2.33. The first-order valence-electron chi connectivity index (χ1n) is 6.72. The molecule has 1 aromatic heterocycles. The standard InChI is InChI=1S/C12H22N4O2S/c1-4-7-16(10-5-6-10)19(17,18)12-9(2)14-15-11(12)8-13-3/h10,13H,4-8H2,1-3H3,(H,14,15). The van der Waals surface area contributed by atoms with E-state index in [2.05, 4.69) is 15.5 Å². The van der Waals surface area contributed by atoms with Gasteiger partial charge in [-0.2, -0.15) is 9.40 Å². The van der Waals surface area contributed by atoms with Gasteiger partial charge in [-0.25, -0.2) is 8.42 Å². The van der Waals surface area contributed by atoms with Gasteiger partial charge in [0.2, 0.25) is 10.0 Å². The normalized spacial score (nSPS) is 16.2. The van der Waals surface area contributed by atoms with E-state index in [0.29, 0.717) is 29.4 Å². The van der Waals surface area contributed by atoms with E-state index in [0.717, 1.165) is 19.3 Å². The molecule has 1 heterocycles. The molecule has 0 atom stereocenters. The third kappa shape index (κ3) is 2.82. The Kier molecular flexibility index (Phi) is 4.27. The van der Waals surface area contributed by atoms with E-state index >= 15 is 0 Å². The van der Waals surface area contributed by atoms with Crippen molar-refractivity contribution in [2.45, 2.75) is 50.6 Å². The van der Waals surface area contributed by atoms with E-state index in [-0.39, 0.29) is 6.04 Å². The van der Waals surface area contributed by atoms with Crippen molar-refractivity contribution in [2.75, 3.05) is 13.6 Å². The number of rotatable bonds is 7. The highest BCUT2D eigenvalue weighted by atomic mass is 32.2. The van der Waals surface area contributed by atoms with Crippen LogP contribution in [0.5, 0.6) is 0 Å². The van der Waals surface area contributed by atoms with Crippen LogP contribution in [0.25, 0.3) is 0 Å². The molecule has 1 saturated carbocycles. The van der Waals surface area contributed by atoms with Crippen molar-refractivity contribution in [1.29, 1.82) is 0 Å². The minimum Gasteiger partial charge on any atom is -0.314 e. The third-order valence-corrected chi connectivity index (χ3v) is 5.43. The summed E-state index contributed by atoms with van der Waals surface area (Å²) in [7, 11) is -1.66. The van der Waals surface area contributed by atoms with Gasteiger partial charge in [-0.15, -0.1) is 0 Å². The van der Waals surface area contributed by atoms with Gasteiger partial charge in [-0.05, 0) is 33.2 Å². The van der Waals surface area contributed by atoms with Crippen molar-refractivity contribution in [2.24, 2.45) is 0 Å². The Hall–Kier alpha value is -0.920. The number of sulfonamides is 1. The lowest BCUT2D eigenvalue weighted by atomic mass is 10.4. The second kappa shape index (κ2) is 5.60. The molecule has 2 N–H and O–H groups in total. The Morgan fingerprint density at radius 3 is 2.68 bits per heavy atom. The zero-order valence-electron chi connectivity index (χ0n) is 11.7. The van der Waals surface area contributed by atoms with Crippen molar-refractivity contribution < 1.29 is 8.42 Å². The molecule has 108 valence electrons. The lowest BCUT2D eigenvalue weighted by Crippen LogP contribution is -2.34. The molecule has 7 heteroatoms. The van der Waals surface area contributed by atoms with Crippen molar-refractivity contribution in [3.05, 3.63) is 11.4 Å². The van der Waals surface area contributed by atoms with Crippen LogP contribution >= 0.6 is 0 Å². The summed E-state index contributed by atoms with van der Waals surface area (Å²) >= 11 is 0. The lowest BCUT2D eigenvalue weighted by Gasteiger charge is -2.21. The predicted molar refractivity (Wildman–Crippen MR) is 73.3 cm³/mol.